The van der Waals surface area contributed by atoms with Crippen LogP contribution in [0.25, 0.3) is 10.9 Å². The topological polar surface area (TPSA) is 61.6 Å². The van der Waals surface area contributed by atoms with Crippen molar-refractivity contribution in [1.29, 1.82) is 5.26 Å². The summed E-state index contributed by atoms with van der Waals surface area (Å²) < 4.78 is 0. The Hall–Kier alpha value is -2.45. The fourth-order valence-electron chi connectivity index (χ4n) is 1.81. The SMILES string of the molecule is Cc1csc(Nc2nc3ccccc3cc2C#N)n1. The average molecular weight is 266 g/mol. The third kappa shape index (κ3) is 2.26. The van der Waals surface area contributed by atoms with E-state index in [2.05, 4.69) is 21.4 Å². The van der Waals surface area contributed by atoms with Crippen molar-refractivity contribution in [2.75, 3.05) is 5.32 Å². The molecule has 0 unspecified atom stereocenters. The van der Waals surface area contributed by atoms with E-state index in [0.717, 1.165) is 21.7 Å². The fraction of sp³-hybridized carbons (Fsp3) is 0.0714. The molecule has 0 atom stereocenters. The van der Waals surface area contributed by atoms with Crippen LogP contribution in [0, 0.1) is 18.3 Å². The van der Waals surface area contributed by atoms with Gasteiger partial charge < -0.3 is 5.32 Å². The smallest absolute Gasteiger partial charge is 0.188 e. The van der Waals surface area contributed by atoms with Gasteiger partial charge in [0.15, 0.2) is 10.9 Å². The van der Waals surface area contributed by atoms with Gasteiger partial charge in [-0.3, -0.25) is 0 Å². The predicted molar refractivity (Wildman–Crippen MR) is 76.6 cm³/mol. The molecule has 2 heterocycles. The van der Waals surface area contributed by atoms with Crippen LogP contribution in [-0.4, -0.2) is 9.97 Å². The van der Waals surface area contributed by atoms with Crippen LogP contribution >= 0.6 is 11.3 Å². The Morgan fingerprint density at radius 1 is 1.26 bits per heavy atom. The van der Waals surface area contributed by atoms with Gasteiger partial charge in [0.1, 0.15) is 6.07 Å². The first-order valence-corrected chi connectivity index (χ1v) is 6.63. The van der Waals surface area contributed by atoms with Crippen molar-refractivity contribution >= 4 is 33.2 Å². The molecule has 19 heavy (non-hydrogen) atoms. The number of nitrogens with one attached hydrogen (secondary N) is 1. The van der Waals surface area contributed by atoms with Gasteiger partial charge in [-0.1, -0.05) is 18.2 Å². The Balaban J connectivity index is 2.09. The maximum atomic E-state index is 9.21. The number of pyridine rings is 1. The molecule has 0 aliphatic heterocycles. The second kappa shape index (κ2) is 4.67. The van der Waals surface area contributed by atoms with Crippen LogP contribution in [0.15, 0.2) is 35.7 Å². The van der Waals surface area contributed by atoms with E-state index in [1.807, 2.05) is 42.6 Å². The Morgan fingerprint density at radius 3 is 2.84 bits per heavy atom. The van der Waals surface area contributed by atoms with Crippen molar-refractivity contribution in [3.8, 4) is 6.07 Å². The highest BCUT2D eigenvalue weighted by Gasteiger charge is 2.08. The van der Waals surface area contributed by atoms with E-state index in [0.29, 0.717) is 11.4 Å². The molecule has 4 nitrogen and oxygen atoms in total. The maximum absolute atomic E-state index is 9.21. The molecule has 0 fully saturated rings. The molecule has 0 radical (unpaired) electrons. The number of anilines is 2. The number of hydrogen-bond acceptors (Lipinski definition) is 5. The van der Waals surface area contributed by atoms with E-state index in [-0.39, 0.29) is 0 Å². The van der Waals surface area contributed by atoms with E-state index in [1.165, 1.54) is 11.3 Å². The van der Waals surface area contributed by atoms with Crippen LogP contribution in [-0.2, 0) is 0 Å². The minimum atomic E-state index is 0.520. The summed E-state index contributed by atoms with van der Waals surface area (Å²) in [4.78, 5) is 8.80. The van der Waals surface area contributed by atoms with Gasteiger partial charge in [0.05, 0.1) is 16.8 Å². The summed E-state index contributed by atoms with van der Waals surface area (Å²) in [5, 5.41) is 16.0. The Morgan fingerprint density at radius 2 is 2.11 bits per heavy atom. The molecule has 0 bridgehead atoms. The van der Waals surface area contributed by atoms with E-state index >= 15 is 0 Å². The molecule has 0 spiro atoms. The summed E-state index contributed by atoms with van der Waals surface area (Å²) in [6.45, 7) is 1.93. The van der Waals surface area contributed by atoms with Crippen LogP contribution in [0.4, 0.5) is 10.9 Å². The minimum absolute atomic E-state index is 0.520. The Bertz CT molecular complexity index is 785. The molecule has 3 aromatic rings. The lowest BCUT2D eigenvalue weighted by atomic mass is 10.1. The zero-order valence-electron chi connectivity index (χ0n) is 10.2. The van der Waals surface area contributed by atoms with E-state index < -0.39 is 0 Å². The number of nitriles is 1. The minimum Gasteiger partial charge on any atom is -0.315 e. The van der Waals surface area contributed by atoms with Crippen molar-refractivity contribution in [3.63, 3.8) is 0 Å². The number of thiazole rings is 1. The van der Waals surface area contributed by atoms with Gasteiger partial charge >= 0.3 is 0 Å². The molecular weight excluding hydrogens is 256 g/mol. The molecule has 5 heteroatoms. The van der Waals surface area contributed by atoms with Crippen LogP contribution in [0.2, 0.25) is 0 Å². The number of fused-ring (bicyclic) bond motifs is 1. The third-order valence-corrected chi connectivity index (χ3v) is 3.56. The third-order valence-electron chi connectivity index (χ3n) is 2.69. The summed E-state index contributed by atoms with van der Waals surface area (Å²) in [6, 6.07) is 11.7. The fourth-order valence-corrected chi connectivity index (χ4v) is 2.50. The lowest BCUT2D eigenvalue weighted by Crippen LogP contribution is -1.97. The second-order valence-corrected chi connectivity index (χ2v) is 4.97. The second-order valence-electron chi connectivity index (χ2n) is 4.11. The molecule has 0 aliphatic carbocycles. The largest absolute Gasteiger partial charge is 0.315 e. The van der Waals surface area contributed by atoms with Crippen molar-refractivity contribution < 1.29 is 0 Å². The molecule has 0 saturated carbocycles. The molecule has 1 N–H and O–H groups in total. The monoisotopic (exact) mass is 266 g/mol. The standard InChI is InChI=1S/C14H10N4S/c1-9-8-19-14(16-9)18-13-11(7-15)6-10-4-2-3-5-12(10)17-13/h2-6,8H,1H3,(H,16,17,18). The highest BCUT2D eigenvalue weighted by atomic mass is 32.1. The first-order chi connectivity index (χ1) is 9.26. The molecule has 0 saturated heterocycles. The zero-order valence-corrected chi connectivity index (χ0v) is 11.0. The number of benzene rings is 1. The molecule has 2 aromatic heterocycles. The normalized spacial score (nSPS) is 10.3. The zero-order chi connectivity index (χ0) is 13.2. The molecule has 1 aromatic carbocycles. The number of aryl methyl sites for hydroxylation is 1. The van der Waals surface area contributed by atoms with Gasteiger partial charge in [-0.25, -0.2) is 9.97 Å². The molecular formula is C14H10N4S. The van der Waals surface area contributed by atoms with Gasteiger partial charge in [-0.15, -0.1) is 11.3 Å². The van der Waals surface area contributed by atoms with E-state index in [1.54, 1.807) is 0 Å². The predicted octanol–water partition coefficient (Wildman–Crippen LogP) is 3.62. The number of rotatable bonds is 2. The Kier molecular flexibility index (Phi) is 2.86. The first kappa shape index (κ1) is 11.6. The number of para-hydroxylation sites is 1. The van der Waals surface area contributed by atoms with Crippen molar-refractivity contribution in [3.05, 3.63) is 47.0 Å². The van der Waals surface area contributed by atoms with Crippen molar-refractivity contribution in [2.24, 2.45) is 0 Å². The number of nitrogens with zero attached hydrogens (tertiary/aromatic N) is 3. The lowest BCUT2D eigenvalue weighted by molar-refractivity contribution is 1.24. The lowest BCUT2D eigenvalue weighted by Gasteiger charge is -2.06. The van der Waals surface area contributed by atoms with Crippen LogP contribution in [0.3, 0.4) is 0 Å². The van der Waals surface area contributed by atoms with Gasteiger partial charge in [-0.05, 0) is 19.1 Å². The highest BCUT2D eigenvalue weighted by molar-refractivity contribution is 7.13. The molecule has 3 rings (SSSR count). The summed E-state index contributed by atoms with van der Waals surface area (Å²) >= 11 is 1.50. The Labute approximate surface area is 114 Å². The van der Waals surface area contributed by atoms with Gasteiger partial charge in [0.2, 0.25) is 0 Å². The van der Waals surface area contributed by atoms with Crippen molar-refractivity contribution in [2.45, 2.75) is 6.92 Å². The molecule has 0 aliphatic rings. The summed E-state index contributed by atoms with van der Waals surface area (Å²) in [5.41, 5.74) is 2.33. The van der Waals surface area contributed by atoms with Crippen LogP contribution in [0.1, 0.15) is 11.3 Å². The highest BCUT2D eigenvalue weighted by Crippen LogP contribution is 2.24. The number of hydrogen-bond donors (Lipinski definition) is 1. The maximum Gasteiger partial charge on any atom is 0.188 e. The number of aromatic nitrogens is 2. The van der Waals surface area contributed by atoms with Gasteiger partial charge in [0.25, 0.3) is 0 Å². The van der Waals surface area contributed by atoms with Gasteiger partial charge in [-0.2, -0.15) is 5.26 Å². The summed E-state index contributed by atoms with van der Waals surface area (Å²) in [5.74, 6) is 0.551. The average Bonchev–Trinajstić information content (AvgIpc) is 2.83. The first-order valence-electron chi connectivity index (χ1n) is 5.75. The quantitative estimate of drug-likeness (QED) is 0.769. The summed E-state index contributed by atoms with van der Waals surface area (Å²) in [6.07, 6.45) is 0. The van der Waals surface area contributed by atoms with E-state index in [4.69, 9.17) is 0 Å². The molecule has 92 valence electrons. The summed E-state index contributed by atoms with van der Waals surface area (Å²) in [7, 11) is 0. The molecule has 0 amide bonds. The van der Waals surface area contributed by atoms with Crippen molar-refractivity contribution in [1.82, 2.24) is 9.97 Å². The van der Waals surface area contributed by atoms with Gasteiger partial charge in [0, 0.05) is 10.8 Å². The van der Waals surface area contributed by atoms with E-state index in [9.17, 15) is 5.26 Å². The van der Waals surface area contributed by atoms with Crippen LogP contribution in [0.5, 0.6) is 0 Å². The van der Waals surface area contributed by atoms with Crippen LogP contribution < -0.4 is 5.32 Å².